The van der Waals surface area contributed by atoms with Crippen molar-refractivity contribution in [1.29, 1.82) is 0 Å². The Labute approximate surface area is 206 Å². The molecule has 0 saturated heterocycles. The number of carbonyl (C=O) groups excluding carboxylic acids is 1. The number of fused-ring (bicyclic) bond motifs is 1. The molecule has 1 aliphatic carbocycles. The summed E-state index contributed by atoms with van der Waals surface area (Å²) in [7, 11) is 0. The van der Waals surface area contributed by atoms with E-state index in [1.165, 1.54) is 22.3 Å². The van der Waals surface area contributed by atoms with Crippen molar-refractivity contribution >= 4 is 23.4 Å². The van der Waals surface area contributed by atoms with E-state index in [-0.39, 0.29) is 6.03 Å². The summed E-state index contributed by atoms with van der Waals surface area (Å²) in [6.45, 7) is 2.70. The van der Waals surface area contributed by atoms with E-state index >= 15 is 0 Å². The molecule has 0 aromatic heterocycles. The number of rotatable bonds is 5. The third-order valence-corrected chi connectivity index (χ3v) is 7.52. The molecule has 2 aliphatic rings. The highest BCUT2D eigenvalue weighted by molar-refractivity contribution is 6.03. The average molecular weight is 469 g/mol. The molecule has 0 atom stereocenters. The van der Waals surface area contributed by atoms with Crippen molar-refractivity contribution in [2.24, 2.45) is 5.92 Å². The summed E-state index contributed by atoms with van der Waals surface area (Å²) in [5, 5.41) is 12.1. The minimum absolute atomic E-state index is 0.0930. The maximum atomic E-state index is 12.9. The van der Waals surface area contributed by atoms with Gasteiger partial charge in [-0.05, 0) is 103 Å². The van der Waals surface area contributed by atoms with Crippen LogP contribution >= 0.6 is 0 Å². The standard InChI is InChI=1S/C30H32N2O3/c1-20-3-2-4-27(17-20)31-30(35)32-16-15-26-19-25(13-14-28(26)32)24-11-9-23(10-12-24)22-7-5-21(6-8-22)18-29(33)34/h2-4,9-14,17,19,21-22H,5-8,15-16,18H2,1H3,(H,31,35)(H,33,34)/t21-,22-. The Morgan fingerprint density at radius 2 is 1.69 bits per heavy atom. The fourth-order valence-electron chi connectivity index (χ4n) is 5.60. The van der Waals surface area contributed by atoms with Crippen LogP contribution in [0, 0.1) is 12.8 Å². The van der Waals surface area contributed by atoms with Gasteiger partial charge in [0.15, 0.2) is 0 Å². The molecule has 0 bridgehead atoms. The van der Waals surface area contributed by atoms with Gasteiger partial charge in [0, 0.05) is 24.3 Å². The van der Waals surface area contributed by atoms with E-state index < -0.39 is 5.97 Å². The predicted molar refractivity (Wildman–Crippen MR) is 140 cm³/mol. The summed E-state index contributed by atoms with van der Waals surface area (Å²) in [5.74, 6) is 0.171. The molecule has 0 spiro atoms. The zero-order valence-electron chi connectivity index (χ0n) is 20.2. The van der Waals surface area contributed by atoms with E-state index in [0.717, 1.165) is 49.0 Å². The van der Waals surface area contributed by atoms with Gasteiger partial charge in [0.25, 0.3) is 0 Å². The van der Waals surface area contributed by atoms with Gasteiger partial charge in [0.2, 0.25) is 0 Å². The Balaban J connectivity index is 1.24. The Kier molecular flexibility index (Phi) is 6.58. The van der Waals surface area contributed by atoms with Crippen LogP contribution in [-0.2, 0) is 11.2 Å². The third kappa shape index (κ3) is 5.24. The molecular weight excluding hydrogens is 436 g/mol. The van der Waals surface area contributed by atoms with Crippen LogP contribution in [0.1, 0.15) is 54.7 Å². The fraction of sp³-hybridized carbons (Fsp3) is 0.333. The van der Waals surface area contributed by atoms with Crippen molar-refractivity contribution in [3.05, 3.63) is 83.4 Å². The first kappa shape index (κ1) is 23.2. The molecule has 1 saturated carbocycles. The van der Waals surface area contributed by atoms with E-state index in [2.05, 4.69) is 47.8 Å². The summed E-state index contributed by atoms with van der Waals surface area (Å²) >= 11 is 0. The van der Waals surface area contributed by atoms with E-state index in [1.54, 1.807) is 0 Å². The average Bonchev–Trinajstić information content (AvgIpc) is 3.28. The van der Waals surface area contributed by atoms with Gasteiger partial charge in [0.1, 0.15) is 0 Å². The Bertz CT molecular complexity index is 1230. The number of hydrogen-bond donors (Lipinski definition) is 2. The summed E-state index contributed by atoms with van der Waals surface area (Å²) < 4.78 is 0. The van der Waals surface area contributed by atoms with Crippen LogP contribution in [0.25, 0.3) is 11.1 Å². The first-order valence-electron chi connectivity index (χ1n) is 12.6. The number of aliphatic carboxylic acids is 1. The molecule has 3 aromatic rings. The van der Waals surface area contributed by atoms with Crippen LogP contribution in [0.5, 0.6) is 0 Å². The van der Waals surface area contributed by atoms with Crippen molar-refractivity contribution in [2.75, 3.05) is 16.8 Å². The summed E-state index contributed by atoms with van der Waals surface area (Å²) in [4.78, 5) is 25.7. The maximum absolute atomic E-state index is 12.9. The van der Waals surface area contributed by atoms with Gasteiger partial charge in [0.05, 0.1) is 0 Å². The van der Waals surface area contributed by atoms with Crippen molar-refractivity contribution in [3.63, 3.8) is 0 Å². The molecule has 1 aliphatic heterocycles. The summed E-state index contributed by atoms with van der Waals surface area (Å²) in [5.41, 5.74) is 7.81. The van der Waals surface area contributed by atoms with Gasteiger partial charge in [-0.2, -0.15) is 0 Å². The van der Waals surface area contributed by atoms with Gasteiger partial charge >= 0.3 is 12.0 Å². The number of nitrogens with one attached hydrogen (secondary N) is 1. The highest BCUT2D eigenvalue weighted by Gasteiger charge is 2.26. The fourth-order valence-corrected chi connectivity index (χ4v) is 5.60. The lowest BCUT2D eigenvalue weighted by Gasteiger charge is -2.28. The number of carbonyl (C=O) groups is 2. The second-order valence-electron chi connectivity index (χ2n) is 9.98. The van der Waals surface area contributed by atoms with Crippen molar-refractivity contribution in [3.8, 4) is 11.1 Å². The number of amides is 2. The number of nitrogens with zero attached hydrogens (tertiary/aromatic N) is 1. The molecule has 1 fully saturated rings. The topological polar surface area (TPSA) is 69.6 Å². The van der Waals surface area contributed by atoms with Crippen molar-refractivity contribution in [1.82, 2.24) is 0 Å². The Morgan fingerprint density at radius 1 is 0.943 bits per heavy atom. The maximum Gasteiger partial charge on any atom is 0.326 e. The van der Waals surface area contributed by atoms with Crippen LogP contribution in [0.15, 0.2) is 66.7 Å². The lowest BCUT2D eigenvalue weighted by atomic mass is 9.77. The first-order valence-corrected chi connectivity index (χ1v) is 12.6. The molecule has 5 heteroatoms. The van der Waals surface area contributed by atoms with Crippen LogP contribution in [0.4, 0.5) is 16.2 Å². The number of hydrogen-bond acceptors (Lipinski definition) is 2. The monoisotopic (exact) mass is 468 g/mol. The van der Waals surface area contributed by atoms with E-state index in [1.807, 2.05) is 36.1 Å². The number of carboxylic acid groups (broad SMARTS) is 1. The quantitative estimate of drug-likeness (QED) is 0.423. The number of anilines is 2. The zero-order valence-corrected chi connectivity index (χ0v) is 20.2. The molecule has 35 heavy (non-hydrogen) atoms. The molecule has 2 amide bonds. The van der Waals surface area contributed by atoms with Crippen LogP contribution in [-0.4, -0.2) is 23.7 Å². The van der Waals surface area contributed by atoms with Crippen LogP contribution in [0.3, 0.4) is 0 Å². The summed E-state index contributed by atoms with van der Waals surface area (Å²) in [6, 6.07) is 23.0. The highest BCUT2D eigenvalue weighted by Crippen LogP contribution is 2.38. The summed E-state index contributed by atoms with van der Waals surface area (Å²) in [6.07, 6.45) is 5.28. The minimum Gasteiger partial charge on any atom is -0.481 e. The molecule has 5 rings (SSSR count). The van der Waals surface area contributed by atoms with Crippen molar-refractivity contribution < 1.29 is 14.7 Å². The van der Waals surface area contributed by atoms with E-state index in [0.29, 0.717) is 24.8 Å². The number of benzene rings is 3. The number of urea groups is 1. The SMILES string of the molecule is Cc1cccc(NC(=O)N2CCc3cc(-c4ccc([C@H]5CC[C@H](CC(=O)O)CC5)cc4)ccc32)c1. The molecule has 180 valence electrons. The second kappa shape index (κ2) is 9.95. The second-order valence-corrected chi connectivity index (χ2v) is 9.98. The lowest BCUT2D eigenvalue weighted by Crippen LogP contribution is -2.33. The lowest BCUT2D eigenvalue weighted by molar-refractivity contribution is -0.138. The van der Waals surface area contributed by atoms with Crippen molar-refractivity contribution in [2.45, 2.75) is 51.4 Å². The minimum atomic E-state index is -0.679. The molecule has 0 radical (unpaired) electrons. The van der Waals surface area contributed by atoms with Crippen LogP contribution < -0.4 is 10.2 Å². The van der Waals surface area contributed by atoms with Gasteiger partial charge in [-0.15, -0.1) is 0 Å². The molecule has 2 N–H and O–H groups in total. The smallest absolute Gasteiger partial charge is 0.326 e. The molecule has 1 heterocycles. The van der Waals surface area contributed by atoms with E-state index in [4.69, 9.17) is 5.11 Å². The first-order chi connectivity index (χ1) is 17.0. The van der Waals surface area contributed by atoms with E-state index in [9.17, 15) is 9.59 Å². The highest BCUT2D eigenvalue weighted by atomic mass is 16.4. The molecule has 3 aromatic carbocycles. The van der Waals surface area contributed by atoms with Gasteiger partial charge in [-0.3, -0.25) is 9.69 Å². The third-order valence-electron chi connectivity index (χ3n) is 7.52. The normalized spacial score (nSPS) is 19.3. The van der Waals surface area contributed by atoms with Gasteiger partial charge in [-0.1, -0.05) is 42.5 Å². The molecule has 5 nitrogen and oxygen atoms in total. The zero-order chi connectivity index (χ0) is 24.4. The number of carboxylic acids is 1. The van der Waals surface area contributed by atoms with Gasteiger partial charge in [-0.25, -0.2) is 4.79 Å². The molecule has 0 unspecified atom stereocenters. The molecular formula is C30H32N2O3. The Hall–Kier alpha value is -3.60. The van der Waals surface area contributed by atoms with Gasteiger partial charge < -0.3 is 10.4 Å². The van der Waals surface area contributed by atoms with Crippen LogP contribution in [0.2, 0.25) is 0 Å². The Morgan fingerprint density at radius 3 is 2.40 bits per heavy atom. The predicted octanol–water partition coefficient (Wildman–Crippen LogP) is 7.01. The number of aryl methyl sites for hydroxylation is 1. The largest absolute Gasteiger partial charge is 0.481 e.